The van der Waals surface area contributed by atoms with Crippen LogP contribution in [0.5, 0.6) is 0 Å². The van der Waals surface area contributed by atoms with Crippen LogP contribution in [-0.2, 0) is 5.41 Å². The van der Waals surface area contributed by atoms with Crippen LogP contribution in [0, 0.1) is 25.7 Å². The van der Waals surface area contributed by atoms with Gasteiger partial charge in [-0.1, -0.05) is 81.5 Å². The van der Waals surface area contributed by atoms with E-state index in [0.717, 1.165) is 24.8 Å². The second-order valence-electron chi connectivity index (χ2n) is 7.98. The molecule has 0 unspecified atom stereocenters. The molecule has 0 spiro atoms. The van der Waals surface area contributed by atoms with Crippen LogP contribution in [0.15, 0.2) is 42.5 Å². The predicted molar refractivity (Wildman–Crippen MR) is 118 cm³/mol. The highest BCUT2D eigenvalue weighted by atomic mass is 32.1. The summed E-state index contributed by atoms with van der Waals surface area (Å²) in [5, 5.41) is 0. The fourth-order valence-corrected chi connectivity index (χ4v) is 3.71. The Morgan fingerprint density at radius 2 is 1.58 bits per heavy atom. The van der Waals surface area contributed by atoms with Crippen LogP contribution in [0.4, 0.5) is 0 Å². The number of rotatable bonds is 5. The Kier molecular flexibility index (Phi) is 6.64. The van der Waals surface area contributed by atoms with E-state index in [1.54, 1.807) is 0 Å². The highest BCUT2D eigenvalue weighted by Gasteiger charge is 2.30. The summed E-state index contributed by atoms with van der Waals surface area (Å²) in [5.41, 5.74) is 6.57. The Bertz CT molecular complexity index is 808. The first-order valence-corrected chi connectivity index (χ1v) is 10.1. The second-order valence-corrected chi connectivity index (χ2v) is 9.19. The van der Waals surface area contributed by atoms with Crippen LogP contribution in [-0.4, -0.2) is 4.75 Å². The van der Waals surface area contributed by atoms with E-state index in [9.17, 15) is 0 Å². The molecular weight excluding hydrogens is 332 g/mol. The summed E-state index contributed by atoms with van der Waals surface area (Å²) in [5.74, 6) is 6.62. The Morgan fingerprint density at radius 1 is 0.923 bits per heavy atom. The topological polar surface area (TPSA) is 0 Å². The molecule has 2 rings (SSSR count). The molecular formula is C25H32S. The fourth-order valence-electron chi connectivity index (χ4n) is 3.63. The lowest BCUT2D eigenvalue weighted by Crippen LogP contribution is -2.26. The van der Waals surface area contributed by atoms with Gasteiger partial charge in [-0.3, -0.25) is 0 Å². The van der Waals surface area contributed by atoms with Gasteiger partial charge in [0.1, 0.15) is 0 Å². The lowest BCUT2D eigenvalue weighted by atomic mass is 9.70. The van der Waals surface area contributed by atoms with Gasteiger partial charge in [0.05, 0.1) is 0 Å². The summed E-state index contributed by atoms with van der Waals surface area (Å²) < 4.78 is -0.0500. The van der Waals surface area contributed by atoms with Crippen LogP contribution < -0.4 is 0 Å². The first kappa shape index (κ1) is 20.7. The molecule has 0 fully saturated rings. The van der Waals surface area contributed by atoms with Crippen molar-refractivity contribution in [1.82, 2.24) is 0 Å². The summed E-state index contributed by atoms with van der Waals surface area (Å²) >= 11 is 4.55. The molecule has 0 nitrogen and oxygen atoms in total. The van der Waals surface area contributed by atoms with Crippen molar-refractivity contribution in [3.8, 4) is 11.8 Å². The molecule has 1 heteroatoms. The largest absolute Gasteiger partial charge is 0.172 e. The van der Waals surface area contributed by atoms with E-state index in [2.05, 4.69) is 108 Å². The lowest BCUT2D eigenvalue weighted by molar-refractivity contribution is 0.478. The normalized spacial score (nSPS) is 11.8. The molecule has 0 aliphatic heterocycles. The molecule has 0 saturated heterocycles. The molecule has 26 heavy (non-hydrogen) atoms. The summed E-state index contributed by atoms with van der Waals surface area (Å²) in [6, 6.07) is 15.8. The lowest BCUT2D eigenvalue weighted by Gasteiger charge is -2.34. The fraction of sp³-hybridized carbons (Fsp3) is 0.440. The Hall–Kier alpha value is -1.65. The average molecular weight is 365 g/mol. The van der Waals surface area contributed by atoms with Crippen LogP contribution in [0.25, 0.3) is 0 Å². The molecule has 0 N–H and O–H groups in total. The highest BCUT2D eigenvalue weighted by molar-refractivity contribution is 7.81. The molecule has 0 aliphatic rings. The van der Waals surface area contributed by atoms with Crippen molar-refractivity contribution >= 4 is 12.6 Å². The SMILES string of the molecule is CCC(CC)(c1cccc(C)c1)c1ccc(C#CCC(C)(C)S)c(C)c1. The predicted octanol–water partition coefficient (Wildman–Crippen LogP) is 6.86. The van der Waals surface area contributed by atoms with Gasteiger partial charge >= 0.3 is 0 Å². The third-order valence-electron chi connectivity index (χ3n) is 5.30. The van der Waals surface area contributed by atoms with Crippen LogP contribution >= 0.6 is 12.6 Å². The van der Waals surface area contributed by atoms with Gasteiger partial charge in [0.2, 0.25) is 0 Å². The van der Waals surface area contributed by atoms with Crippen molar-refractivity contribution in [1.29, 1.82) is 0 Å². The molecule has 2 aromatic carbocycles. The maximum Gasteiger partial charge on any atom is 0.0274 e. The molecule has 138 valence electrons. The first-order valence-electron chi connectivity index (χ1n) is 9.61. The zero-order valence-electron chi connectivity index (χ0n) is 17.1. The van der Waals surface area contributed by atoms with E-state index < -0.39 is 0 Å². The second kappa shape index (κ2) is 8.36. The minimum atomic E-state index is -0.0500. The molecule has 0 radical (unpaired) electrons. The zero-order chi connectivity index (χ0) is 19.4. The summed E-state index contributed by atoms with van der Waals surface area (Å²) in [6.07, 6.45) is 2.96. The monoisotopic (exact) mass is 364 g/mol. The molecule has 0 heterocycles. The van der Waals surface area contributed by atoms with Crippen molar-refractivity contribution in [2.45, 2.75) is 71.0 Å². The van der Waals surface area contributed by atoms with E-state index in [-0.39, 0.29) is 10.2 Å². The van der Waals surface area contributed by atoms with Crippen LogP contribution in [0.1, 0.15) is 74.8 Å². The molecule has 0 bridgehead atoms. The molecule has 0 aliphatic carbocycles. The number of benzene rings is 2. The van der Waals surface area contributed by atoms with E-state index in [1.807, 2.05) is 0 Å². The van der Waals surface area contributed by atoms with Crippen molar-refractivity contribution in [3.63, 3.8) is 0 Å². The highest BCUT2D eigenvalue weighted by Crippen LogP contribution is 2.39. The van der Waals surface area contributed by atoms with Gasteiger partial charge in [0.15, 0.2) is 0 Å². The summed E-state index contributed by atoms with van der Waals surface area (Å²) in [6.45, 7) is 13.1. The third-order valence-corrected chi connectivity index (χ3v) is 5.46. The Labute approximate surface area is 165 Å². The number of aryl methyl sites for hydroxylation is 2. The number of hydrogen-bond acceptors (Lipinski definition) is 1. The first-order chi connectivity index (χ1) is 12.2. The maximum absolute atomic E-state index is 4.55. The molecule has 0 atom stereocenters. The van der Waals surface area contributed by atoms with E-state index >= 15 is 0 Å². The number of hydrogen-bond donors (Lipinski definition) is 1. The van der Waals surface area contributed by atoms with Crippen LogP contribution in [0.2, 0.25) is 0 Å². The molecule has 0 saturated carbocycles. The average Bonchev–Trinajstić information content (AvgIpc) is 2.57. The van der Waals surface area contributed by atoms with Gasteiger partial charge in [-0.05, 0) is 49.4 Å². The minimum Gasteiger partial charge on any atom is -0.172 e. The van der Waals surface area contributed by atoms with E-state index in [1.165, 1.54) is 22.3 Å². The summed E-state index contributed by atoms with van der Waals surface area (Å²) in [7, 11) is 0. The van der Waals surface area contributed by atoms with Crippen molar-refractivity contribution in [2.24, 2.45) is 0 Å². The van der Waals surface area contributed by atoms with Gasteiger partial charge in [0.25, 0.3) is 0 Å². The maximum atomic E-state index is 4.55. The van der Waals surface area contributed by atoms with Crippen molar-refractivity contribution in [3.05, 3.63) is 70.3 Å². The van der Waals surface area contributed by atoms with Crippen molar-refractivity contribution in [2.75, 3.05) is 0 Å². The quantitative estimate of drug-likeness (QED) is 0.435. The van der Waals surface area contributed by atoms with Gasteiger partial charge in [-0.25, -0.2) is 0 Å². The zero-order valence-corrected chi connectivity index (χ0v) is 18.0. The number of thiol groups is 1. The van der Waals surface area contributed by atoms with Crippen molar-refractivity contribution < 1.29 is 0 Å². The summed E-state index contributed by atoms with van der Waals surface area (Å²) in [4.78, 5) is 0. The van der Waals surface area contributed by atoms with E-state index in [0.29, 0.717) is 0 Å². The Morgan fingerprint density at radius 3 is 2.12 bits per heavy atom. The smallest absolute Gasteiger partial charge is 0.0274 e. The Balaban J connectivity index is 2.44. The minimum absolute atomic E-state index is 0.0500. The molecule has 2 aromatic rings. The third kappa shape index (κ3) is 4.74. The molecule has 0 aromatic heterocycles. The van der Waals surface area contributed by atoms with Gasteiger partial charge < -0.3 is 0 Å². The molecule has 0 amide bonds. The van der Waals surface area contributed by atoms with Crippen LogP contribution in [0.3, 0.4) is 0 Å². The van der Waals surface area contributed by atoms with Gasteiger partial charge in [0, 0.05) is 22.1 Å². The van der Waals surface area contributed by atoms with Gasteiger partial charge in [-0.15, -0.1) is 0 Å². The standard InChI is InChI=1S/C25H32S/c1-7-25(8-2,22-13-9-11-19(3)17-22)23-15-14-21(20(4)18-23)12-10-16-24(5,6)26/h9,11,13-15,17-18,26H,7-8,16H2,1-6H3. The van der Waals surface area contributed by atoms with Gasteiger partial charge in [-0.2, -0.15) is 12.6 Å². The van der Waals surface area contributed by atoms with E-state index in [4.69, 9.17) is 0 Å².